The molecule has 1 heterocycles. The number of nitrogens with two attached hydrogens (primary N) is 1. The van der Waals surface area contributed by atoms with Gasteiger partial charge in [-0.3, -0.25) is 4.79 Å². The third kappa shape index (κ3) is 4.12. The second kappa shape index (κ2) is 7.29. The summed E-state index contributed by atoms with van der Waals surface area (Å²) in [4.78, 5) is 16.5. The molecule has 0 aliphatic rings. The van der Waals surface area contributed by atoms with Crippen LogP contribution in [0, 0.1) is 5.82 Å². The molecular weight excluding hydrogens is 367 g/mol. The largest absolute Gasteiger partial charge is 0.348 e. The summed E-state index contributed by atoms with van der Waals surface area (Å²) in [6.45, 7) is 5.72. The molecule has 1 amide bonds. The van der Waals surface area contributed by atoms with Gasteiger partial charge in [0.2, 0.25) is 5.91 Å². The topological polar surface area (TPSA) is 72.9 Å². The fraction of sp³-hybridized carbons (Fsp3) is 0.300. The predicted octanol–water partition coefficient (Wildman–Crippen LogP) is 3.90. The van der Waals surface area contributed by atoms with Crippen LogP contribution in [0.3, 0.4) is 0 Å². The first-order valence-electron chi connectivity index (χ1n) is 8.64. The van der Waals surface area contributed by atoms with E-state index in [1.54, 1.807) is 6.07 Å². The lowest BCUT2D eigenvalue weighted by Crippen LogP contribution is -2.30. The highest BCUT2D eigenvalue weighted by molar-refractivity contribution is 6.31. The van der Waals surface area contributed by atoms with Gasteiger partial charge in [0.05, 0.1) is 22.9 Å². The molecule has 0 aliphatic carbocycles. The smallest absolute Gasteiger partial charge is 0.240 e. The predicted molar refractivity (Wildman–Crippen MR) is 105 cm³/mol. The van der Waals surface area contributed by atoms with Crippen molar-refractivity contribution in [3.63, 3.8) is 0 Å². The van der Waals surface area contributed by atoms with Crippen LogP contribution in [0.25, 0.3) is 11.0 Å². The van der Waals surface area contributed by atoms with Gasteiger partial charge in [0.1, 0.15) is 12.1 Å². The van der Waals surface area contributed by atoms with Gasteiger partial charge in [-0.25, -0.2) is 9.37 Å². The number of fused-ring (bicyclic) bond motifs is 1. The highest BCUT2D eigenvalue weighted by atomic mass is 35.5. The molecule has 0 saturated heterocycles. The number of carbonyl (C=O) groups is 1. The monoisotopic (exact) mass is 388 g/mol. The normalized spacial score (nSPS) is 13.0. The zero-order valence-electron chi connectivity index (χ0n) is 15.5. The minimum Gasteiger partial charge on any atom is -0.348 e. The number of amides is 1. The van der Waals surface area contributed by atoms with Crippen molar-refractivity contribution in [2.45, 2.75) is 38.9 Å². The third-order valence-corrected chi connectivity index (χ3v) is 4.81. The van der Waals surface area contributed by atoms with E-state index in [2.05, 4.69) is 10.3 Å². The summed E-state index contributed by atoms with van der Waals surface area (Å²) in [5.41, 5.74) is 8.32. The Labute approximate surface area is 162 Å². The summed E-state index contributed by atoms with van der Waals surface area (Å²) in [5, 5.41) is 2.92. The molecule has 0 radical (unpaired) electrons. The van der Waals surface area contributed by atoms with Gasteiger partial charge in [0, 0.05) is 5.54 Å². The first kappa shape index (κ1) is 19.3. The molecule has 0 saturated carbocycles. The quantitative estimate of drug-likeness (QED) is 0.696. The number of nitrogens with one attached hydrogen (secondary N) is 1. The lowest BCUT2D eigenvalue weighted by atomic mass is 9.94. The molecule has 3 rings (SSSR count). The number of halogens is 2. The zero-order valence-corrected chi connectivity index (χ0v) is 16.2. The van der Waals surface area contributed by atoms with Crippen LogP contribution in [-0.2, 0) is 16.9 Å². The van der Waals surface area contributed by atoms with E-state index in [-0.39, 0.29) is 29.0 Å². The molecule has 1 atom stereocenters. The number of hydrogen-bond donors (Lipinski definition) is 2. The van der Waals surface area contributed by atoms with E-state index in [0.29, 0.717) is 5.52 Å². The minimum absolute atomic E-state index is 0.000874. The van der Waals surface area contributed by atoms with Gasteiger partial charge in [-0.05, 0) is 44.0 Å². The summed E-state index contributed by atoms with van der Waals surface area (Å²) in [7, 11) is 0. The zero-order chi connectivity index (χ0) is 19.8. The number of imidazole rings is 1. The average Bonchev–Trinajstić information content (AvgIpc) is 3.00. The summed E-state index contributed by atoms with van der Waals surface area (Å²) >= 11 is 5.84. The molecule has 0 unspecified atom stereocenters. The fourth-order valence-corrected chi connectivity index (χ4v) is 3.10. The first-order valence-corrected chi connectivity index (χ1v) is 9.02. The van der Waals surface area contributed by atoms with Crippen molar-refractivity contribution in [1.29, 1.82) is 0 Å². The average molecular weight is 389 g/mol. The molecule has 7 heteroatoms. The maximum atomic E-state index is 14.3. The van der Waals surface area contributed by atoms with Gasteiger partial charge in [0.25, 0.3) is 0 Å². The van der Waals surface area contributed by atoms with Crippen molar-refractivity contribution in [3.05, 3.63) is 64.7 Å². The van der Waals surface area contributed by atoms with E-state index < -0.39 is 11.4 Å². The second-order valence-corrected chi connectivity index (χ2v) is 7.64. The van der Waals surface area contributed by atoms with Crippen molar-refractivity contribution >= 4 is 28.5 Å². The van der Waals surface area contributed by atoms with Gasteiger partial charge < -0.3 is 15.6 Å². The van der Waals surface area contributed by atoms with Gasteiger partial charge >= 0.3 is 0 Å². The highest BCUT2D eigenvalue weighted by Crippen LogP contribution is 2.24. The molecule has 3 N–H and O–H groups in total. The molecule has 0 aliphatic heterocycles. The van der Waals surface area contributed by atoms with E-state index in [4.69, 9.17) is 17.3 Å². The maximum Gasteiger partial charge on any atom is 0.240 e. The Morgan fingerprint density at radius 2 is 1.96 bits per heavy atom. The van der Waals surface area contributed by atoms with Crippen LogP contribution < -0.4 is 11.1 Å². The van der Waals surface area contributed by atoms with Crippen LogP contribution >= 0.6 is 11.6 Å². The third-order valence-electron chi connectivity index (χ3n) is 4.52. The number of aromatic nitrogens is 2. The lowest BCUT2D eigenvalue weighted by Gasteiger charge is -2.21. The molecule has 0 spiro atoms. The van der Waals surface area contributed by atoms with Crippen molar-refractivity contribution < 1.29 is 9.18 Å². The number of hydrogen-bond acceptors (Lipinski definition) is 3. The Kier molecular flexibility index (Phi) is 5.22. The molecular formula is C20H22ClFN4O. The van der Waals surface area contributed by atoms with Crippen LogP contribution in [0.2, 0.25) is 5.02 Å². The van der Waals surface area contributed by atoms with Crippen LogP contribution in [0.15, 0.2) is 42.7 Å². The molecule has 27 heavy (non-hydrogen) atoms. The van der Waals surface area contributed by atoms with Crippen molar-refractivity contribution in [2.75, 3.05) is 0 Å². The van der Waals surface area contributed by atoms with E-state index in [0.717, 1.165) is 11.1 Å². The number of nitrogens with zero attached hydrogens (tertiary/aromatic N) is 2. The van der Waals surface area contributed by atoms with Gasteiger partial charge in [0.15, 0.2) is 5.82 Å². The summed E-state index contributed by atoms with van der Waals surface area (Å²) in [6, 6.07) is 10.7. The van der Waals surface area contributed by atoms with Crippen LogP contribution in [-0.4, -0.2) is 15.5 Å². The van der Waals surface area contributed by atoms with Gasteiger partial charge in [-0.1, -0.05) is 35.9 Å². The molecule has 5 nitrogen and oxygen atoms in total. The summed E-state index contributed by atoms with van der Waals surface area (Å²) < 4.78 is 15.7. The SMILES string of the molecule is C[C@H](NC(=O)Cn1cnc2ccc(Cl)c(F)c21)c1ccc(C(C)(C)N)cc1. The van der Waals surface area contributed by atoms with E-state index >= 15 is 0 Å². The van der Waals surface area contributed by atoms with Crippen molar-refractivity contribution in [3.8, 4) is 0 Å². The Morgan fingerprint density at radius 3 is 2.59 bits per heavy atom. The van der Waals surface area contributed by atoms with Crippen LogP contribution in [0.1, 0.15) is 37.9 Å². The Bertz CT molecular complexity index is 976. The first-order chi connectivity index (χ1) is 12.7. The molecule has 2 aromatic carbocycles. The van der Waals surface area contributed by atoms with Crippen molar-refractivity contribution in [2.24, 2.45) is 5.73 Å². The number of benzene rings is 2. The number of carbonyl (C=O) groups excluding carboxylic acids is 1. The molecule has 142 valence electrons. The van der Waals surface area contributed by atoms with Crippen LogP contribution in [0.4, 0.5) is 4.39 Å². The Morgan fingerprint density at radius 1 is 1.30 bits per heavy atom. The summed E-state index contributed by atoms with van der Waals surface area (Å²) in [6.07, 6.45) is 1.44. The van der Waals surface area contributed by atoms with E-state index in [9.17, 15) is 9.18 Å². The minimum atomic E-state index is -0.576. The summed E-state index contributed by atoms with van der Waals surface area (Å²) in [5.74, 6) is -0.822. The molecule has 0 bridgehead atoms. The molecule has 1 aromatic heterocycles. The van der Waals surface area contributed by atoms with Crippen molar-refractivity contribution in [1.82, 2.24) is 14.9 Å². The fourth-order valence-electron chi connectivity index (χ4n) is 2.94. The standard InChI is InChI=1S/C20H22ClFN4O/c1-12(13-4-6-14(7-5-13)20(2,3)23)25-17(27)10-26-11-24-16-9-8-15(21)18(22)19(16)26/h4-9,11-12H,10,23H2,1-3H3,(H,25,27)/t12-/m0/s1. The molecule has 3 aromatic rings. The maximum absolute atomic E-state index is 14.3. The lowest BCUT2D eigenvalue weighted by molar-refractivity contribution is -0.122. The van der Waals surface area contributed by atoms with E-state index in [1.165, 1.54) is 17.0 Å². The van der Waals surface area contributed by atoms with Gasteiger partial charge in [-0.2, -0.15) is 0 Å². The number of rotatable bonds is 5. The molecule has 0 fully saturated rings. The Hall–Kier alpha value is -2.44. The Balaban J connectivity index is 1.72. The van der Waals surface area contributed by atoms with Gasteiger partial charge in [-0.15, -0.1) is 0 Å². The highest BCUT2D eigenvalue weighted by Gasteiger charge is 2.17. The van der Waals surface area contributed by atoms with Crippen LogP contribution in [0.5, 0.6) is 0 Å². The van der Waals surface area contributed by atoms with E-state index in [1.807, 2.05) is 45.0 Å². The second-order valence-electron chi connectivity index (χ2n) is 7.23.